The van der Waals surface area contributed by atoms with Gasteiger partial charge in [-0.3, -0.25) is 9.59 Å². The van der Waals surface area contributed by atoms with Crippen LogP contribution in [0.4, 0.5) is 13.2 Å². The number of nitrogens with one attached hydrogen (secondary N) is 1. The van der Waals surface area contributed by atoms with E-state index in [1.54, 1.807) is 13.8 Å². The molecule has 5 nitrogen and oxygen atoms in total. The third-order valence-electron chi connectivity index (χ3n) is 3.15. The number of aliphatic hydroxyl groups excluding tert-OH is 1. The maximum Gasteiger partial charge on any atom is 0.417 e. The lowest BCUT2D eigenvalue weighted by molar-refractivity contribution is -0.138. The minimum Gasteiger partial charge on any atom is -0.396 e. The third-order valence-corrected chi connectivity index (χ3v) is 3.15. The van der Waals surface area contributed by atoms with Crippen molar-refractivity contribution in [3.63, 3.8) is 0 Å². The van der Waals surface area contributed by atoms with Crippen molar-refractivity contribution in [3.8, 4) is 0 Å². The van der Waals surface area contributed by atoms with Crippen LogP contribution in [-0.4, -0.2) is 28.2 Å². The Morgan fingerprint density at radius 3 is 2.52 bits per heavy atom. The topological polar surface area (TPSA) is 71.3 Å². The molecule has 0 aliphatic rings. The standard InChI is InChI=1S/C13H17F3N2O3/c1-8(7-19)9(2)17-11(20)6-18-5-10(13(14,15)16)3-4-12(18)21/h3-5,8-9,19H,6-7H2,1-2H3,(H,17,20). The molecule has 0 aliphatic carbocycles. The molecular weight excluding hydrogens is 289 g/mol. The van der Waals surface area contributed by atoms with E-state index in [9.17, 15) is 22.8 Å². The van der Waals surface area contributed by atoms with E-state index in [-0.39, 0.29) is 18.6 Å². The van der Waals surface area contributed by atoms with Gasteiger partial charge in [-0.05, 0) is 18.9 Å². The fraction of sp³-hybridized carbons (Fsp3) is 0.538. The van der Waals surface area contributed by atoms with Crippen LogP contribution in [-0.2, 0) is 17.5 Å². The van der Waals surface area contributed by atoms with E-state index in [1.165, 1.54) is 0 Å². The number of pyridine rings is 1. The zero-order valence-corrected chi connectivity index (χ0v) is 11.6. The molecule has 0 saturated carbocycles. The molecule has 0 aliphatic heterocycles. The van der Waals surface area contributed by atoms with Crippen LogP contribution >= 0.6 is 0 Å². The molecule has 2 N–H and O–H groups in total. The summed E-state index contributed by atoms with van der Waals surface area (Å²) in [6, 6.07) is 1.09. The van der Waals surface area contributed by atoms with Gasteiger partial charge in [0.05, 0.1) is 5.56 Å². The van der Waals surface area contributed by atoms with E-state index in [4.69, 9.17) is 5.11 Å². The quantitative estimate of drug-likeness (QED) is 0.852. The van der Waals surface area contributed by atoms with E-state index in [0.717, 1.165) is 6.07 Å². The summed E-state index contributed by atoms with van der Waals surface area (Å²) in [6.45, 7) is 2.73. The predicted molar refractivity (Wildman–Crippen MR) is 69.6 cm³/mol. The van der Waals surface area contributed by atoms with Crippen molar-refractivity contribution in [2.24, 2.45) is 5.92 Å². The summed E-state index contributed by atoms with van der Waals surface area (Å²) >= 11 is 0. The van der Waals surface area contributed by atoms with E-state index in [0.29, 0.717) is 16.8 Å². The van der Waals surface area contributed by atoms with Gasteiger partial charge in [-0.15, -0.1) is 0 Å². The third kappa shape index (κ3) is 4.89. The number of carbonyl (C=O) groups is 1. The highest BCUT2D eigenvalue weighted by Crippen LogP contribution is 2.27. The first-order chi connectivity index (χ1) is 9.65. The van der Waals surface area contributed by atoms with Gasteiger partial charge in [-0.25, -0.2) is 0 Å². The van der Waals surface area contributed by atoms with Crippen molar-refractivity contribution in [1.82, 2.24) is 9.88 Å². The largest absolute Gasteiger partial charge is 0.417 e. The van der Waals surface area contributed by atoms with Gasteiger partial charge in [0, 0.05) is 24.9 Å². The second kappa shape index (κ2) is 6.75. The molecule has 0 spiro atoms. The molecule has 118 valence electrons. The molecule has 0 saturated heterocycles. The number of amides is 1. The number of hydrogen-bond donors (Lipinski definition) is 2. The minimum absolute atomic E-state index is 0.134. The fourth-order valence-electron chi connectivity index (χ4n) is 1.58. The molecule has 21 heavy (non-hydrogen) atoms. The Morgan fingerprint density at radius 2 is 2.00 bits per heavy atom. The lowest BCUT2D eigenvalue weighted by Crippen LogP contribution is -2.41. The van der Waals surface area contributed by atoms with Crippen LogP contribution in [0.1, 0.15) is 19.4 Å². The SMILES string of the molecule is CC(CO)C(C)NC(=O)Cn1cc(C(F)(F)F)ccc1=O. The first kappa shape index (κ1) is 17.2. The summed E-state index contributed by atoms with van der Waals surface area (Å²) in [4.78, 5) is 23.2. The fourth-order valence-corrected chi connectivity index (χ4v) is 1.58. The summed E-state index contributed by atoms with van der Waals surface area (Å²) in [5, 5.41) is 11.5. The van der Waals surface area contributed by atoms with Gasteiger partial charge >= 0.3 is 6.18 Å². The molecule has 0 radical (unpaired) electrons. The molecule has 1 aromatic heterocycles. The normalized spacial score (nSPS) is 14.6. The van der Waals surface area contributed by atoms with E-state index in [2.05, 4.69) is 5.32 Å². The summed E-state index contributed by atoms with van der Waals surface area (Å²) < 4.78 is 38.4. The highest BCUT2D eigenvalue weighted by molar-refractivity contribution is 5.76. The average Bonchev–Trinajstić information content (AvgIpc) is 2.38. The van der Waals surface area contributed by atoms with Gasteiger partial charge in [-0.2, -0.15) is 13.2 Å². The first-order valence-corrected chi connectivity index (χ1v) is 6.33. The molecule has 1 aromatic rings. The Bertz CT molecular complexity index is 554. The highest BCUT2D eigenvalue weighted by atomic mass is 19.4. The van der Waals surface area contributed by atoms with Gasteiger partial charge in [0.1, 0.15) is 6.54 Å². The smallest absolute Gasteiger partial charge is 0.396 e. The number of hydrogen-bond acceptors (Lipinski definition) is 3. The Balaban J connectivity index is 2.83. The second-order valence-electron chi connectivity index (χ2n) is 4.90. The van der Waals surface area contributed by atoms with Crippen molar-refractivity contribution in [3.05, 3.63) is 34.2 Å². The molecule has 8 heteroatoms. The van der Waals surface area contributed by atoms with Crippen molar-refractivity contribution in [2.75, 3.05) is 6.61 Å². The predicted octanol–water partition coefficient (Wildman–Crippen LogP) is 1.00. The number of nitrogens with zero attached hydrogens (tertiary/aromatic N) is 1. The molecule has 2 atom stereocenters. The summed E-state index contributed by atoms with van der Waals surface area (Å²) in [6.07, 6.45) is -3.97. The average molecular weight is 306 g/mol. The molecular formula is C13H17F3N2O3. The Kier molecular flexibility index (Phi) is 5.54. The lowest BCUT2D eigenvalue weighted by Gasteiger charge is -2.19. The summed E-state index contributed by atoms with van der Waals surface area (Å²) in [7, 11) is 0. The summed E-state index contributed by atoms with van der Waals surface area (Å²) in [5.74, 6) is -0.795. The number of alkyl halides is 3. The maximum absolute atomic E-state index is 12.6. The Morgan fingerprint density at radius 1 is 1.38 bits per heavy atom. The van der Waals surface area contributed by atoms with Crippen LogP contribution in [0.5, 0.6) is 0 Å². The Hall–Kier alpha value is -1.83. The zero-order chi connectivity index (χ0) is 16.2. The Labute approximate surface area is 119 Å². The highest BCUT2D eigenvalue weighted by Gasteiger charge is 2.31. The van der Waals surface area contributed by atoms with E-state index < -0.39 is 29.8 Å². The lowest BCUT2D eigenvalue weighted by atomic mass is 10.1. The first-order valence-electron chi connectivity index (χ1n) is 6.33. The van der Waals surface area contributed by atoms with Crippen LogP contribution in [0.2, 0.25) is 0 Å². The van der Waals surface area contributed by atoms with Gasteiger partial charge in [0.2, 0.25) is 5.91 Å². The van der Waals surface area contributed by atoms with E-state index in [1.807, 2.05) is 0 Å². The summed E-state index contributed by atoms with van der Waals surface area (Å²) in [5.41, 5.74) is -1.69. The molecule has 1 heterocycles. The minimum atomic E-state index is -4.58. The number of rotatable bonds is 5. The monoisotopic (exact) mass is 306 g/mol. The van der Waals surface area contributed by atoms with Gasteiger partial charge < -0.3 is 15.0 Å². The van der Waals surface area contributed by atoms with Crippen LogP contribution in [0.3, 0.4) is 0 Å². The van der Waals surface area contributed by atoms with Crippen LogP contribution in [0.15, 0.2) is 23.1 Å². The van der Waals surface area contributed by atoms with Gasteiger partial charge in [0.15, 0.2) is 0 Å². The van der Waals surface area contributed by atoms with Gasteiger partial charge in [0.25, 0.3) is 5.56 Å². The molecule has 1 amide bonds. The van der Waals surface area contributed by atoms with Crippen molar-refractivity contribution in [2.45, 2.75) is 32.6 Å². The zero-order valence-electron chi connectivity index (χ0n) is 11.6. The molecule has 0 fully saturated rings. The number of halogens is 3. The molecule has 1 rings (SSSR count). The number of carbonyl (C=O) groups excluding carboxylic acids is 1. The van der Waals surface area contributed by atoms with E-state index >= 15 is 0 Å². The van der Waals surface area contributed by atoms with Gasteiger partial charge in [-0.1, -0.05) is 6.92 Å². The van der Waals surface area contributed by atoms with Crippen LogP contribution in [0, 0.1) is 5.92 Å². The maximum atomic E-state index is 12.6. The number of aliphatic hydroxyl groups is 1. The van der Waals surface area contributed by atoms with Crippen molar-refractivity contribution in [1.29, 1.82) is 0 Å². The number of aromatic nitrogens is 1. The second-order valence-corrected chi connectivity index (χ2v) is 4.90. The molecule has 0 bridgehead atoms. The van der Waals surface area contributed by atoms with Crippen LogP contribution in [0.25, 0.3) is 0 Å². The van der Waals surface area contributed by atoms with Crippen molar-refractivity contribution < 1.29 is 23.1 Å². The van der Waals surface area contributed by atoms with Crippen molar-refractivity contribution >= 4 is 5.91 Å². The van der Waals surface area contributed by atoms with Crippen LogP contribution < -0.4 is 10.9 Å². The molecule has 2 unspecified atom stereocenters. The molecule has 0 aromatic carbocycles.